The molecule has 0 radical (unpaired) electrons. The number of benzene rings is 2. The normalized spacial score (nSPS) is 17.2. The van der Waals surface area contributed by atoms with Gasteiger partial charge >= 0.3 is 0 Å². The molecule has 134 valence electrons. The summed E-state index contributed by atoms with van der Waals surface area (Å²) in [6, 6.07) is 16.9. The molecule has 25 heavy (non-hydrogen) atoms. The van der Waals surface area contributed by atoms with Crippen LogP contribution in [0.2, 0.25) is 0 Å². The van der Waals surface area contributed by atoms with Crippen molar-refractivity contribution in [2.45, 2.75) is 61.7 Å². The highest BCUT2D eigenvalue weighted by molar-refractivity contribution is 7.92. The van der Waals surface area contributed by atoms with Gasteiger partial charge in [0.2, 0.25) is 0 Å². The van der Waals surface area contributed by atoms with Gasteiger partial charge in [0.1, 0.15) is 12.4 Å². The Balaban J connectivity index is 1.74. The van der Waals surface area contributed by atoms with Crippen molar-refractivity contribution in [1.82, 2.24) is 0 Å². The highest BCUT2D eigenvalue weighted by atomic mass is 32.2. The summed E-state index contributed by atoms with van der Waals surface area (Å²) < 4.78 is 31.6. The van der Waals surface area contributed by atoms with Crippen molar-refractivity contribution in [3.63, 3.8) is 0 Å². The average molecular weight is 359 g/mol. The van der Waals surface area contributed by atoms with Crippen molar-refractivity contribution in [3.05, 3.63) is 60.2 Å². The lowest BCUT2D eigenvalue weighted by Crippen LogP contribution is -2.40. The lowest BCUT2D eigenvalue weighted by Gasteiger charge is -2.35. The van der Waals surface area contributed by atoms with E-state index in [0.29, 0.717) is 23.7 Å². The fraction of sp³-hybridized carbons (Fsp3) is 0.429. The second-order valence-corrected chi connectivity index (χ2v) is 9.19. The first-order valence-corrected chi connectivity index (χ1v) is 10.6. The Morgan fingerprint density at radius 3 is 2.16 bits per heavy atom. The van der Waals surface area contributed by atoms with Gasteiger partial charge in [-0.2, -0.15) is 0 Å². The van der Waals surface area contributed by atoms with Crippen LogP contribution in [-0.4, -0.2) is 13.2 Å². The van der Waals surface area contributed by atoms with Crippen LogP contribution in [0.5, 0.6) is 5.75 Å². The van der Waals surface area contributed by atoms with Crippen LogP contribution in [0.1, 0.15) is 51.0 Å². The Bertz CT molecular complexity index is 774. The molecule has 0 atom stereocenters. The van der Waals surface area contributed by atoms with Crippen LogP contribution >= 0.6 is 0 Å². The maximum atomic E-state index is 13.2. The smallest absolute Gasteiger partial charge is 0.184 e. The van der Waals surface area contributed by atoms with E-state index in [-0.39, 0.29) is 0 Å². The second-order valence-electron chi connectivity index (χ2n) is 6.85. The van der Waals surface area contributed by atoms with Crippen LogP contribution < -0.4 is 4.74 Å². The van der Waals surface area contributed by atoms with E-state index >= 15 is 0 Å². The summed E-state index contributed by atoms with van der Waals surface area (Å²) in [5.74, 6) is 0.692. The van der Waals surface area contributed by atoms with Crippen LogP contribution in [0.25, 0.3) is 0 Å². The van der Waals surface area contributed by atoms with E-state index in [1.807, 2.05) is 37.3 Å². The zero-order chi connectivity index (χ0) is 17.8. The van der Waals surface area contributed by atoms with Gasteiger partial charge in [-0.15, -0.1) is 0 Å². The van der Waals surface area contributed by atoms with E-state index < -0.39 is 14.6 Å². The topological polar surface area (TPSA) is 43.4 Å². The molecule has 0 aromatic heterocycles. The van der Waals surface area contributed by atoms with Gasteiger partial charge in [0.25, 0.3) is 0 Å². The quantitative estimate of drug-likeness (QED) is 0.717. The number of rotatable bonds is 6. The Hall–Kier alpha value is -1.81. The Morgan fingerprint density at radius 2 is 1.56 bits per heavy atom. The summed E-state index contributed by atoms with van der Waals surface area (Å²) >= 11 is 0. The van der Waals surface area contributed by atoms with Gasteiger partial charge < -0.3 is 4.74 Å². The van der Waals surface area contributed by atoms with E-state index in [2.05, 4.69) is 0 Å². The third kappa shape index (κ3) is 3.74. The molecule has 0 aliphatic heterocycles. The second kappa shape index (κ2) is 7.61. The molecule has 3 nitrogen and oxygen atoms in total. The van der Waals surface area contributed by atoms with E-state index in [4.69, 9.17) is 4.74 Å². The molecule has 2 aromatic carbocycles. The van der Waals surface area contributed by atoms with Gasteiger partial charge in [0.05, 0.1) is 9.64 Å². The number of ether oxygens (including phenoxy) is 1. The fourth-order valence-electron chi connectivity index (χ4n) is 3.71. The molecule has 0 saturated heterocycles. The minimum Gasteiger partial charge on any atom is -0.489 e. The summed E-state index contributed by atoms with van der Waals surface area (Å²) in [4.78, 5) is 0.420. The predicted octanol–water partition coefficient (Wildman–Crippen LogP) is 5.15. The molecule has 0 unspecified atom stereocenters. The highest BCUT2D eigenvalue weighted by Crippen LogP contribution is 2.41. The third-order valence-corrected chi connectivity index (χ3v) is 8.09. The zero-order valence-corrected chi connectivity index (χ0v) is 15.6. The van der Waals surface area contributed by atoms with Gasteiger partial charge in [-0.3, -0.25) is 0 Å². The van der Waals surface area contributed by atoms with Crippen molar-refractivity contribution in [2.75, 3.05) is 0 Å². The van der Waals surface area contributed by atoms with E-state index in [9.17, 15) is 8.42 Å². The number of hydrogen-bond acceptors (Lipinski definition) is 3. The Kier molecular flexibility index (Phi) is 5.48. The van der Waals surface area contributed by atoms with Gasteiger partial charge in [-0.1, -0.05) is 56.5 Å². The van der Waals surface area contributed by atoms with E-state index in [1.165, 1.54) is 0 Å². The lowest BCUT2D eigenvalue weighted by atomic mass is 9.86. The molecule has 1 saturated carbocycles. The molecule has 3 rings (SSSR count). The van der Waals surface area contributed by atoms with Gasteiger partial charge in [-0.25, -0.2) is 8.42 Å². The minimum atomic E-state index is -3.31. The molecule has 2 aromatic rings. The van der Waals surface area contributed by atoms with Crippen LogP contribution in [-0.2, 0) is 16.4 Å². The van der Waals surface area contributed by atoms with Gasteiger partial charge in [0.15, 0.2) is 9.84 Å². The fourth-order valence-corrected chi connectivity index (χ4v) is 5.91. The molecular formula is C21H26O3S. The maximum absolute atomic E-state index is 13.2. The van der Waals surface area contributed by atoms with Crippen molar-refractivity contribution in [1.29, 1.82) is 0 Å². The molecule has 1 fully saturated rings. The van der Waals surface area contributed by atoms with Crippen molar-refractivity contribution in [3.8, 4) is 5.75 Å². The highest BCUT2D eigenvalue weighted by Gasteiger charge is 2.43. The SMILES string of the molecule is CCC1(S(=O)(=O)c2ccc(OCc3ccccc3)cc2)CCCCC1. The molecule has 0 bridgehead atoms. The molecule has 1 aliphatic carbocycles. The first-order chi connectivity index (χ1) is 12.1. The Morgan fingerprint density at radius 1 is 0.920 bits per heavy atom. The summed E-state index contributed by atoms with van der Waals surface area (Å²) in [7, 11) is -3.31. The predicted molar refractivity (Wildman–Crippen MR) is 101 cm³/mol. The van der Waals surface area contributed by atoms with Crippen LogP contribution in [0, 0.1) is 0 Å². The van der Waals surface area contributed by atoms with Crippen molar-refractivity contribution in [2.24, 2.45) is 0 Å². The summed E-state index contributed by atoms with van der Waals surface area (Å²) in [5.41, 5.74) is 1.09. The average Bonchev–Trinajstić information content (AvgIpc) is 2.68. The molecule has 1 aliphatic rings. The maximum Gasteiger partial charge on any atom is 0.184 e. The molecule has 0 N–H and O–H groups in total. The van der Waals surface area contributed by atoms with E-state index in [1.54, 1.807) is 24.3 Å². The van der Waals surface area contributed by atoms with Gasteiger partial charge in [-0.05, 0) is 49.1 Å². The first-order valence-electron chi connectivity index (χ1n) is 9.09. The first kappa shape index (κ1) is 18.0. The lowest BCUT2D eigenvalue weighted by molar-refractivity contribution is 0.306. The summed E-state index contributed by atoms with van der Waals surface area (Å²) in [5, 5.41) is 0. The van der Waals surface area contributed by atoms with Crippen LogP contribution in [0.3, 0.4) is 0 Å². The third-order valence-electron chi connectivity index (χ3n) is 5.36. The van der Waals surface area contributed by atoms with Crippen molar-refractivity contribution < 1.29 is 13.2 Å². The molecule has 0 heterocycles. The molecule has 0 amide bonds. The van der Waals surface area contributed by atoms with Gasteiger partial charge in [0, 0.05) is 0 Å². The molecule has 4 heteroatoms. The minimum absolute atomic E-state index is 0.420. The van der Waals surface area contributed by atoms with Crippen LogP contribution in [0.4, 0.5) is 0 Å². The summed E-state index contributed by atoms with van der Waals surface area (Å²) in [6.07, 6.45) is 5.39. The molecule has 0 spiro atoms. The zero-order valence-electron chi connectivity index (χ0n) is 14.8. The molecular weight excluding hydrogens is 332 g/mol. The largest absolute Gasteiger partial charge is 0.489 e. The van der Waals surface area contributed by atoms with Crippen molar-refractivity contribution >= 4 is 9.84 Å². The Labute approximate surface area is 151 Å². The van der Waals surface area contributed by atoms with E-state index in [0.717, 1.165) is 37.7 Å². The standard InChI is InChI=1S/C21H26O3S/c1-2-21(15-7-4-8-16-21)25(22,23)20-13-11-19(12-14-20)24-17-18-9-5-3-6-10-18/h3,5-6,9-14H,2,4,7-8,15-17H2,1H3. The number of hydrogen-bond donors (Lipinski definition) is 0. The van der Waals surface area contributed by atoms with Crippen LogP contribution in [0.15, 0.2) is 59.5 Å². The number of sulfone groups is 1. The summed E-state index contributed by atoms with van der Waals surface area (Å²) in [6.45, 7) is 2.48. The monoisotopic (exact) mass is 358 g/mol.